The van der Waals surface area contributed by atoms with Crippen LogP contribution in [0, 0.1) is 0 Å². The third-order valence-electron chi connectivity index (χ3n) is 2.39. The van der Waals surface area contributed by atoms with Gasteiger partial charge in [-0.25, -0.2) is 0 Å². The van der Waals surface area contributed by atoms with E-state index in [1.54, 1.807) is 0 Å². The molecule has 0 radical (unpaired) electrons. The van der Waals surface area contributed by atoms with Crippen molar-refractivity contribution >= 4 is 0 Å². The molecule has 2 nitrogen and oxygen atoms in total. The van der Waals surface area contributed by atoms with E-state index in [0.717, 1.165) is 12.1 Å². The summed E-state index contributed by atoms with van der Waals surface area (Å²) in [6.45, 7) is 1.27. The van der Waals surface area contributed by atoms with Gasteiger partial charge in [0.15, 0.2) is 0 Å². The van der Waals surface area contributed by atoms with Gasteiger partial charge < -0.3 is 10.4 Å². The highest BCUT2D eigenvalue weighted by Gasteiger charge is 2.17. The van der Waals surface area contributed by atoms with Gasteiger partial charge in [0.25, 0.3) is 0 Å². The monoisotopic (exact) mass is 163 g/mol. The maximum atomic E-state index is 8.82. The molecule has 64 valence electrons. The van der Waals surface area contributed by atoms with Gasteiger partial charge in [0, 0.05) is 6.04 Å². The minimum absolute atomic E-state index is 0.137. The predicted molar refractivity (Wildman–Crippen MR) is 47.7 cm³/mol. The molecule has 0 bridgehead atoms. The van der Waals surface area contributed by atoms with Crippen molar-refractivity contribution in [3.05, 3.63) is 35.4 Å². The van der Waals surface area contributed by atoms with Crippen LogP contribution >= 0.6 is 0 Å². The van der Waals surface area contributed by atoms with Gasteiger partial charge in [0.2, 0.25) is 0 Å². The molecule has 0 aromatic heterocycles. The molecule has 2 N–H and O–H groups in total. The molecule has 1 atom stereocenters. The summed E-state index contributed by atoms with van der Waals surface area (Å²) in [5, 5.41) is 12.2. The van der Waals surface area contributed by atoms with E-state index in [-0.39, 0.29) is 6.61 Å². The molecule has 12 heavy (non-hydrogen) atoms. The van der Waals surface area contributed by atoms with Crippen molar-refractivity contribution in [3.63, 3.8) is 0 Å². The van der Waals surface area contributed by atoms with Crippen molar-refractivity contribution in [1.82, 2.24) is 5.32 Å². The Morgan fingerprint density at radius 1 is 1.33 bits per heavy atom. The van der Waals surface area contributed by atoms with Crippen molar-refractivity contribution in [2.45, 2.75) is 19.1 Å². The van der Waals surface area contributed by atoms with Crippen molar-refractivity contribution in [1.29, 1.82) is 0 Å². The van der Waals surface area contributed by atoms with Crippen molar-refractivity contribution in [3.8, 4) is 0 Å². The van der Waals surface area contributed by atoms with Gasteiger partial charge in [0.05, 0.1) is 6.61 Å². The quantitative estimate of drug-likeness (QED) is 0.687. The van der Waals surface area contributed by atoms with Gasteiger partial charge in [-0.1, -0.05) is 24.3 Å². The van der Waals surface area contributed by atoms with Crippen LogP contribution in [0.15, 0.2) is 24.3 Å². The average molecular weight is 163 g/mol. The van der Waals surface area contributed by atoms with E-state index in [1.807, 2.05) is 12.1 Å². The molecular weight excluding hydrogens is 150 g/mol. The second-order valence-electron chi connectivity index (χ2n) is 3.20. The molecule has 0 spiro atoms. The number of aliphatic hydroxyl groups is 1. The Hall–Kier alpha value is -0.860. The van der Waals surface area contributed by atoms with Gasteiger partial charge in [-0.05, 0) is 24.1 Å². The molecule has 1 aromatic carbocycles. The average Bonchev–Trinajstić information content (AvgIpc) is 2.03. The van der Waals surface area contributed by atoms with Gasteiger partial charge in [-0.3, -0.25) is 0 Å². The van der Waals surface area contributed by atoms with Crippen LogP contribution in [0.2, 0.25) is 0 Å². The summed E-state index contributed by atoms with van der Waals surface area (Å²) >= 11 is 0. The second kappa shape index (κ2) is 3.25. The normalized spacial score (nSPS) is 21.9. The van der Waals surface area contributed by atoms with Crippen molar-refractivity contribution < 1.29 is 5.11 Å². The maximum absolute atomic E-state index is 8.82. The molecule has 1 fully saturated rings. The van der Waals surface area contributed by atoms with Crippen molar-refractivity contribution in [2.75, 3.05) is 6.54 Å². The third kappa shape index (κ3) is 1.36. The van der Waals surface area contributed by atoms with E-state index in [1.165, 1.54) is 12.0 Å². The highest BCUT2D eigenvalue weighted by Crippen LogP contribution is 2.22. The zero-order chi connectivity index (χ0) is 8.39. The lowest BCUT2D eigenvalue weighted by atomic mass is 9.97. The Morgan fingerprint density at radius 2 is 2.00 bits per heavy atom. The number of nitrogens with one attached hydrogen (secondary N) is 1. The number of hydrogen-bond donors (Lipinski definition) is 2. The molecule has 0 aliphatic carbocycles. The fourth-order valence-electron chi connectivity index (χ4n) is 1.43. The second-order valence-corrected chi connectivity index (χ2v) is 3.20. The molecule has 1 aliphatic heterocycles. The standard InChI is InChI=1S/C10H13NO/c12-7-8-1-3-9(4-2-8)10-5-6-11-10/h1-4,10-12H,5-7H2/t10-/m0/s1. The highest BCUT2D eigenvalue weighted by atomic mass is 16.3. The van der Waals surface area contributed by atoms with Gasteiger partial charge >= 0.3 is 0 Å². The lowest BCUT2D eigenvalue weighted by molar-refractivity contribution is 0.281. The molecule has 0 saturated carbocycles. The summed E-state index contributed by atoms with van der Waals surface area (Å²) in [4.78, 5) is 0. The zero-order valence-electron chi connectivity index (χ0n) is 6.96. The minimum Gasteiger partial charge on any atom is -0.392 e. The number of benzene rings is 1. The first kappa shape index (κ1) is 7.77. The summed E-state index contributed by atoms with van der Waals surface area (Å²) in [5.41, 5.74) is 2.32. The molecular formula is C10H13NO. The van der Waals surface area contributed by atoms with Crippen LogP contribution in [-0.4, -0.2) is 11.7 Å². The molecule has 0 amide bonds. The molecule has 2 rings (SSSR count). The molecule has 1 aliphatic rings. The molecule has 1 aromatic rings. The molecule has 2 heteroatoms. The first-order chi connectivity index (χ1) is 5.90. The van der Waals surface area contributed by atoms with E-state index in [4.69, 9.17) is 5.11 Å². The molecule has 0 unspecified atom stereocenters. The van der Waals surface area contributed by atoms with Crippen LogP contribution in [-0.2, 0) is 6.61 Å². The SMILES string of the molecule is OCc1ccc([C@@H]2CCN2)cc1. The Kier molecular flexibility index (Phi) is 2.11. The zero-order valence-corrected chi connectivity index (χ0v) is 6.96. The van der Waals surface area contributed by atoms with Crippen LogP contribution in [0.3, 0.4) is 0 Å². The van der Waals surface area contributed by atoms with E-state index in [0.29, 0.717) is 6.04 Å². The fraction of sp³-hybridized carbons (Fsp3) is 0.400. The van der Waals surface area contributed by atoms with Crippen molar-refractivity contribution in [2.24, 2.45) is 0 Å². The summed E-state index contributed by atoms with van der Waals surface area (Å²) in [7, 11) is 0. The molecule has 1 saturated heterocycles. The van der Waals surface area contributed by atoms with Crippen LogP contribution in [0.4, 0.5) is 0 Å². The van der Waals surface area contributed by atoms with E-state index >= 15 is 0 Å². The van der Waals surface area contributed by atoms with Crippen LogP contribution in [0.1, 0.15) is 23.6 Å². The lowest BCUT2D eigenvalue weighted by Gasteiger charge is -2.28. The summed E-state index contributed by atoms with van der Waals surface area (Å²) in [6.07, 6.45) is 1.23. The Balaban J connectivity index is 2.13. The maximum Gasteiger partial charge on any atom is 0.0681 e. The predicted octanol–water partition coefficient (Wildman–Crippen LogP) is 1.21. The smallest absolute Gasteiger partial charge is 0.0681 e. The Bertz CT molecular complexity index is 251. The first-order valence-corrected chi connectivity index (χ1v) is 4.33. The van der Waals surface area contributed by atoms with Gasteiger partial charge in [-0.2, -0.15) is 0 Å². The minimum atomic E-state index is 0.137. The van der Waals surface area contributed by atoms with E-state index in [9.17, 15) is 0 Å². The first-order valence-electron chi connectivity index (χ1n) is 4.33. The number of rotatable bonds is 2. The Labute approximate surface area is 72.2 Å². The third-order valence-corrected chi connectivity index (χ3v) is 2.39. The van der Waals surface area contributed by atoms with Crippen LogP contribution in [0.5, 0.6) is 0 Å². The molecule has 1 heterocycles. The van der Waals surface area contributed by atoms with E-state index < -0.39 is 0 Å². The lowest BCUT2D eigenvalue weighted by Crippen LogP contribution is -2.34. The number of aliphatic hydroxyl groups excluding tert-OH is 1. The Morgan fingerprint density at radius 3 is 2.42 bits per heavy atom. The van der Waals surface area contributed by atoms with Crippen LogP contribution in [0.25, 0.3) is 0 Å². The topological polar surface area (TPSA) is 32.3 Å². The summed E-state index contributed by atoms with van der Waals surface area (Å²) < 4.78 is 0. The van der Waals surface area contributed by atoms with Gasteiger partial charge in [0.1, 0.15) is 0 Å². The summed E-state index contributed by atoms with van der Waals surface area (Å²) in [6, 6.07) is 8.69. The van der Waals surface area contributed by atoms with E-state index in [2.05, 4.69) is 17.4 Å². The highest BCUT2D eigenvalue weighted by molar-refractivity contribution is 5.25. The summed E-state index contributed by atoms with van der Waals surface area (Å²) in [5.74, 6) is 0. The van der Waals surface area contributed by atoms with Gasteiger partial charge in [-0.15, -0.1) is 0 Å². The van der Waals surface area contributed by atoms with Crippen LogP contribution < -0.4 is 5.32 Å². The largest absolute Gasteiger partial charge is 0.392 e. The fourth-order valence-corrected chi connectivity index (χ4v) is 1.43. The number of hydrogen-bond acceptors (Lipinski definition) is 2.